The standard InChI is InChI=1S/C15H23N3O3/c1-16-10-12-4-2-8-18(11-12)14(19)6-7-17-15(20)13-5-3-9-21-13/h3,5,9,12,16H,2,4,6-8,10-11H2,1H3,(H,17,20). The Morgan fingerprint density at radius 3 is 3.05 bits per heavy atom. The molecule has 2 heterocycles. The summed E-state index contributed by atoms with van der Waals surface area (Å²) in [5, 5.41) is 5.86. The van der Waals surface area contributed by atoms with Crippen LogP contribution in [-0.2, 0) is 4.79 Å². The smallest absolute Gasteiger partial charge is 0.286 e. The van der Waals surface area contributed by atoms with Gasteiger partial charge in [-0.3, -0.25) is 9.59 Å². The van der Waals surface area contributed by atoms with Gasteiger partial charge in [-0.2, -0.15) is 0 Å². The fraction of sp³-hybridized carbons (Fsp3) is 0.600. The molecule has 6 nitrogen and oxygen atoms in total. The van der Waals surface area contributed by atoms with Gasteiger partial charge in [0.1, 0.15) is 0 Å². The Balaban J connectivity index is 1.70. The van der Waals surface area contributed by atoms with Gasteiger partial charge in [0, 0.05) is 26.1 Å². The summed E-state index contributed by atoms with van der Waals surface area (Å²) >= 11 is 0. The van der Waals surface area contributed by atoms with Crippen molar-refractivity contribution in [1.82, 2.24) is 15.5 Å². The topological polar surface area (TPSA) is 74.6 Å². The second-order valence-electron chi connectivity index (χ2n) is 5.39. The molecule has 0 bridgehead atoms. The number of carbonyl (C=O) groups is 2. The number of rotatable bonds is 6. The lowest BCUT2D eigenvalue weighted by molar-refractivity contribution is -0.132. The minimum absolute atomic E-state index is 0.107. The molecule has 116 valence electrons. The average Bonchev–Trinajstić information content (AvgIpc) is 3.02. The van der Waals surface area contributed by atoms with Gasteiger partial charge in [0.2, 0.25) is 5.91 Å². The molecule has 0 spiro atoms. The monoisotopic (exact) mass is 293 g/mol. The summed E-state index contributed by atoms with van der Waals surface area (Å²) in [7, 11) is 1.94. The minimum atomic E-state index is -0.278. The molecular weight excluding hydrogens is 270 g/mol. The summed E-state index contributed by atoms with van der Waals surface area (Å²) in [6.07, 6.45) is 4.01. The number of hydrogen-bond acceptors (Lipinski definition) is 4. The Morgan fingerprint density at radius 1 is 1.48 bits per heavy atom. The van der Waals surface area contributed by atoms with E-state index < -0.39 is 0 Å². The maximum atomic E-state index is 12.1. The molecule has 1 unspecified atom stereocenters. The van der Waals surface area contributed by atoms with E-state index in [4.69, 9.17) is 4.42 Å². The average molecular weight is 293 g/mol. The lowest BCUT2D eigenvalue weighted by Gasteiger charge is -2.32. The van der Waals surface area contributed by atoms with Crippen molar-refractivity contribution in [3.05, 3.63) is 24.2 Å². The Hall–Kier alpha value is -1.82. The number of hydrogen-bond donors (Lipinski definition) is 2. The van der Waals surface area contributed by atoms with Crippen LogP contribution in [0.5, 0.6) is 0 Å². The molecule has 0 aliphatic carbocycles. The Bertz CT molecular complexity index is 457. The molecule has 6 heteroatoms. The first-order chi connectivity index (χ1) is 10.2. The maximum absolute atomic E-state index is 12.1. The van der Waals surface area contributed by atoms with Gasteiger partial charge >= 0.3 is 0 Å². The Morgan fingerprint density at radius 2 is 2.33 bits per heavy atom. The molecule has 1 aliphatic heterocycles. The van der Waals surface area contributed by atoms with Crippen LogP contribution in [0.3, 0.4) is 0 Å². The molecule has 0 radical (unpaired) electrons. The predicted molar refractivity (Wildman–Crippen MR) is 78.9 cm³/mol. The molecule has 2 N–H and O–H groups in total. The van der Waals surface area contributed by atoms with E-state index in [0.29, 0.717) is 18.9 Å². The van der Waals surface area contributed by atoms with Gasteiger partial charge in [-0.1, -0.05) is 0 Å². The highest BCUT2D eigenvalue weighted by Crippen LogP contribution is 2.16. The van der Waals surface area contributed by atoms with E-state index in [2.05, 4.69) is 10.6 Å². The molecule has 21 heavy (non-hydrogen) atoms. The van der Waals surface area contributed by atoms with Crippen molar-refractivity contribution < 1.29 is 14.0 Å². The SMILES string of the molecule is CNCC1CCCN(C(=O)CCNC(=O)c2ccco2)C1. The summed E-state index contributed by atoms with van der Waals surface area (Å²) in [5.74, 6) is 0.634. The van der Waals surface area contributed by atoms with Gasteiger partial charge in [-0.05, 0) is 44.5 Å². The zero-order valence-electron chi connectivity index (χ0n) is 12.4. The van der Waals surface area contributed by atoms with Gasteiger partial charge in [0.05, 0.1) is 6.26 Å². The van der Waals surface area contributed by atoms with Crippen LogP contribution in [-0.4, -0.2) is 49.9 Å². The van der Waals surface area contributed by atoms with E-state index in [1.165, 1.54) is 12.7 Å². The number of carbonyl (C=O) groups excluding carboxylic acids is 2. The first-order valence-corrected chi connectivity index (χ1v) is 7.44. The third-order valence-electron chi connectivity index (χ3n) is 3.73. The van der Waals surface area contributed by atoms with Gasteiger partial charge < -0.3 is 20.0 Å². The van der Waals surface area contributed by atoms with Crippen molar-refractivity contribution in [3.63, 3.8) is 0 Å². The van der Waals surface area contributed by atoms with E-state index in [0.717, 1.165) is 26.1 Å². The highest BCUT2D eigenvalue weighted by Gasteiger charge is 2.22. The van der Waals surface area contributed by atoms with Crippen LogP contribution in [0, 0.1) is 5.92 Å². The van der Waals surface area contributed by atoms with E-state index in [-0.39, 0.29) is 17.6 Å². The lowest BCUT2D eigenvalue weighted by Crippen LogP contribution is -2.43. The third-order valence-corrected chi connectivity index (χ3v) is 3.73. The molecule has 2 amide bonds. The second-order valence-corrected chi connectivity index (χ2v) is 5.39. The molecular formula is C15H23N3O3. The highest BCUT2D eigenvalue weighted by atomic mass is 16.3. The van der Waals surface area contributed by atoms with Crippen molar-refractivity contribution in [2.45, 2.75) is 19.3 Å². The quantitative estimate of drug-likeness (QED) is 0.815. The number of furan rings is 1. The second kappa shape index (κ2) is 7.83. The molecule has 1 fully saturated rings. The molecule has 1 atom stereocenters. The van der Waals surface area contributed by atoms with Gasteiger partial charge in [0.15, 0.2) is 5.76 Å². The number of amides is 2. The Labute approximate surface area is 124 Å². The summed E-state index contributed by atoms with van der Waals surface area (Å²) in [4.78, 5) is 25.7. The summed E-state index contributed by atoms with van der Waals surface area (Å²) < 4.78 is 5.00. The van der Waals surface area contributed by atoms with E-state index in [1.807, 2.05) is 11.9 Å². The minimum Gasteiger partial charge on any atom is -0.459 e. The molecule has 0 saturated carbocycles. The first-order valence-electron chi connectivity index (χ1n) is 7.44. The van der Waals surface area contributed by atoms with Crippen LogP contribution in [0.15, 0.2) is 22.8 Å². The normalized spacial score (nSPS) is 18.5. The van der Waals surface area contributed by atoms with Crippen molar-refractivity contribution in [3.8, 4) is 0 Å². The van der Waals surface area contributed by atoms with Gasteiger partial charge in [-0.15, -0.1) is 0 Å². The predicted octanol–water partition coefficient (Wildman–Crippen LogP) is 0.857. The van der Waals surface area contributed by atoms with Crippen LogP contribution < -0.4 is 10.6 Å². The zero-order chi connectivity index (χ0) is 15.1. The van der Waals surface area contributed by atoms with Crippen molar-refractivity contribution in [2.75, 3.05) is 33.2 Å². The van der Waals surface area contributed by atoms with E-state index >= 15 is 0 Å². The zero-order valence-corrected chi connectivity index (χ0v) is 12.4. The summed E-state index contributed by atoms with van der Waals surface area (Å²) in [5.41, 5.74) is 0. The largest absolute Gasteiger partial charge is 0.459 e. The molecule has 1 saturated heterocycles. The van der Waals surface area contributed by atoms with Crippen LogP contribution in [0.1, 0.15) is 29.8 Å². The molecule has 0 aromatic carbocycles. The fourth-order valence-electron chi connectivity index (χ4n) is 2.68. The maximum Gasteiger partial charge on any atom is 0.286 e. The summed E-state index contributed by atoms with van der Waals surface area (Å²) in [6, 6.07) is 3.26. The van der Waals surface area contributed by atoms with Crippen molar-refractivity contribution in [1.29, 1.82) is 0 Å². The van der Waals surface area contributed by atoms with Crippen LogP contribution in [0.2, 0.25) is 0 Å². The fourth-order valence-corrected chi connectivity index (χ4v) is 2.68. The molecule has 2 rings (SSSR count). The molecule has 1 aromatic rings. The number of nitrogens with one attached hydrogen (secondary N) is 2. The number of nitrogens with zero attached hydrogens (tertiary/aromatic N) is 1. The number of piperidine rings is 1. The lowest BCUT2D eigenvalue weighted by atomic mass is 9.98. The van der Waals surface area contributed by atoms with Gasteiger partial charge in [-0.25, -0.2) is 0 Å². The van der Waals surface area contributed by atoms with Crippen molar-refractivity contribution in [2.24, 2.45) is 5.92 Å². The third kappa shape index (κ3) is 4.60. The summed E-state index contributed by atoms with van der Waals surface area (Å²) in [6.45, 7) is 2.92. The van der Waals surface area contributed by atoms with Gasteiger partial charge in [0.25, 0.3) is 5.91 Å². The molecule has 1 aromatic heterocycles. The van der Waals surface area contributed by atoms with Crippen LogP contribution in [0.25, 0.3) is 0 Å². The van der Waals surface area contributed by atoms with Crippen molar-refractivity contribution >= 4 is 11.8 Å². The van der Waals surface area contributed by atoms with E-state index in [9.17, 15) is 9.59 Å². The van der Waals surface area contributed by atoms with Crippen LogP contribution >= 0.6 is 0 Å². The molecule has 1 aliphatic rings. The Kier molecular flexibility index (Phi) is 5.80. The van der Waals surface area contributed by atoms with E-state index in [1.54, 1.807) is 12.1 Å². The first kappa shape index (κ1) is 15.6. The highest BCUT2D eigenvalue weighted by molar-refractivity contribution is 5.91. The number of likely N-dealkylation sites (tertiary alicyclic amines) is 1. The van der Waals surface area contributed by atoms with Crippen LogP contribution in [0.4, 0.5) is 0 Å².